The first kappa shape index (κ1) is 7.62. The van der Waals surface area contributed by atoms with Crippen molar-refractivity contribution >= 4 is 0 Å². The fourth-order valence-electron chi connectivity index (χ4n) is 1.36. The number of rotatable bonds is 0. The van der Waals surface area contributed by atoms with Gasteiger partial charge in [-0.1, -0.05) is 12.2 Å². The molecular formula is C10H12O2. The van der Waals surface area contributed by atoms with Gasteiger partial charge in [-0.15, -0.1) is 0 Å². The lowest BCUT2D eigenvalue weighted by molar-refractivity contribution is -0.0527. The molecule has 64 valence electrons. The van der Waals surface area contributed by atoms with Crippen LogP contribution in [-0.4, -0.2) is 16.8 Å². The van der Waals surface area contributed by atoms with Crippen LogP contribution in [0.15, 0.2) is 35.6 Å². The Morgan fingerprint density at radius 2 is 2.25 bits per heavy atom. The molecule has 2 aliphatic rings. The zero-order valence-corrected chi connectivity index (χ0v) is 7.24. The Labute approximate surface area is 71.9 Å². The Kier molecular flexibility index (Phi) is 1.42. The summed E-state index contributed by atoms with van der Waals surface area (Å²) in [5.74, 6) is 0.866. The molecule has 1 aliphatic heterocycles. The van der Waals surface area contributed by atoms with E-state index in [9.17, 15) is 5.11 Å². The Hall–Kier alpha value is -1.02. The average Bonchev–Trinajstić information content (AvgIpc) is 2.35. The molecular weight excluding hydrogens is 152 g/mol. The molecule has 0 radical (unpaired) electrons. The summed E-state index contributed by atoms with van der Waals surface area (Å²) in [5.41, 5.74) is 0.489. The fourth-order valence-corrected chi connectivity index (χ4v) is 1.36. The van der Waals surface area contributed by atoms with E-state index in [2.05, 4.69) is 0 Å². The summed E-state index contributed by atoms with van der Waals surface area (Å²) in [4.78, 5) is 0. The van der Waals surface area contributed by atoms with Crippen LogP contribution in [0.4, 0.5) is 0 Å². The van der Waals surface area contributed by atoms with Crippen LogP contribution in [0, 0.1) is 0 Å². The van der Waals surface area contributed by atoms with Gasteiger partial charge in [0.2, 0.25) is 0 Å². The highest BCUT2D eigenvalue weighted by Gasteiger charge is 2.34. The van der Waals surface area contributed by atoms with Crippen molar-refractivity contribution in [2.24, 2.45) is 0 Å². The second-order valence-corrected chi connectivity index (χ2v) is 3.66. The van der Waals surface area contributed by atoms with Crippen LogP contribution in [0.3, 0.4) is 0 Å². The van der Waals surface area contributed by atoms with Crippen molar-refractivity contribution in [1.82, 2.24) is 0 Å². The van der Waals surface area contributed by atoms with Gasteiger partial charge in [0.25, 0.3) is 0 Å². The number of hydrogen-bond donors (Lipinski definition) is 1. The molecule has 1 N–H and O–H groups in total. The third-order valence-corrected chi connectivity index (χ3v) is 2.23. The predicted octanol–water partition coefficient (Wildman–Crippen LogP) is 1.54. The van der Waals surface area contributed by atoms with E-state index in [1.807, 2.05) is 38.2 Å². The van der Waals surface area contributed by atoms with Gasteiger partial charge in [0.15, 0.2) is 0 Å². The highest BCUT2D eigenvalue weighted by atomic mass is 16.5. The maximum Gasteiger partial charge on any atom is 0.133 e. The zero-order chi connectivity index (χ0) is 8.77. The summed E-state index contributed by atoms with van der Waals surface area (Å²) in [6.45, 7) is 3.76. The van der Waals surface area contributed by atoms with E-state index in [0.29, 0.717) is 0 Å². The van der Waals surface area contributed by atoms with Crippen LogP contribution >= 0.6 is 0 Å². The molecule has 0 aromatic rings. The second-order valence-electron chi connectivity index (χ2n) is 3.66. The lowest BCUT2D eigenvalue weighted by Gasteiger charge is -2.34. The SMILES string of the molecule is CC1(C)OC2=CC=CC2=CC1O. The smallest absolute Gasteiger partial charge is 0.133 e. The summed E-state index contributed by atoms with van der Waals surface area (Å²) in [7, 11) is 0. The van der Waals surface area contributed by atoms with Crippen molar-refractivity contribution in [3.05, 3.63) is 35.6 Å². The van der Waals surface area contributed by atoms with E-state index in [4.69, 9.17) is 4.74 Å². The molecule has 1 aliphatic carbocycles. The lowest BCUT2D eigenvalue weighted by atomic mass is 9.96. The van der Waals surface area contributed by atoms with Crippen LogP contribution in [0.5, 0.6) is 0 Å². The van der Waals surface area contributed by atoms with E-state index in [1.165, 1.54) is 0 Å². The molecule has 2 nitrogen and oxygen atoms in total. The molecule has 0 amide bonds. The van der Waals surface area contributed by atoms with E-state index in [-0.39, 0.29) is 0 Å². The number of allylic oxidation sites excluding steroid dienone is 3. The summed E-state index contributed by atoms with van der Waals surface area (Å²) in [6, 6.07) is 0. The summed E-state index contributed by atoms with van der Waals surface area (Å²) in [5, 5.41) is 9.62. The summed E-state index contributed by atoms with van der Waals surface area (Å²) in [6.07, 6.45) is 7.09. The fraction of sp³-hybridized carbons (Fsp3) is 0.400. The monoisotopic (exact) mass is 164 g/mol. The van der Waals surface area contributed by atoms with Crippen LogP contribution in [0.2, 0.25) is 0 Å². The third kappa shape index (κ3) is 0.994. The van der Waals surface area contributed by atoms with Gasteiger partial charge in [0, 0.05) is 5.57 Å². The minimum absolute atomic E-state index is 0.499. The molecule has 0 aromatic heterocycles. The zero-order valence-electron chi connectivity index (χ0n) is 7.24. The molecule has 0 fully saturated rings. The van der Waals surface area contributed by atoms with Crippen molar-refractivity contribution in [3.63, 3.8) is 0 Å². The van der Waals surface area contributed by atoms with Crippen LogP contribution in [0.1, 0.15) is 13.8 Å². The first-order chi connectivity index (χ1) is 5.59. The molecule has 2 rings (SSSR count). The average molecular weight is 164 g/mol. The molecule has 2 heteroatoms. The van der Waals surface area contributed by atoms with E-state index >= 15 is 0 Å². The maximum absolute atomic E-state index is 9.62. The van der Waals surface area contributed by atoms with Gasteiger partial charge in [0.1, 0.15) is 17.5 Å². The minimum Gasteiger partial charge on any atom is -0.484 e. The van der Waals surface area contributed by atoms with Gasteiger partial charge in [-0.25, -0.2) is 0 Å². The Bertz CT molecular complexity index is 295. The number of ether oxygens (including phenoxy) is 1. The normalized spacial score (nSPS) is 30.4. The largest absolute Gasteiger partial charge is 0.484 e. The molecule has 0 spiro atoms. The lowest BCUT2D eigenvalue weighted by Crippen LogP contribution is -2.40. The molecule has 1 unspecified atom stereocenters. The third-order valence-electron chi connectivity index (χ3n) is 2.23. The quantitative estimate of drug-likeness (QED) is 0.588. The number of aliphatic hydroxyl groups excluding tert-OH is 1. The molecule has 0 saturated heterocycles. The molecule has 0 aromatic carbocycles. The van der Waals surface area contributed by atoms with E-state index < -0.39 is 11.7 Å². The van der Waals surface area contributed by atoms with Gasteiger partial charge in [-0.05, 0) is 26.0 Å². The topological polar surface area (TPSA) is 29.5 Å². The standard InChI is InChI=1S/C10H12O2/c1-10(2)9(11)6-7-4-3-5-8(7)12-10/h3-6,9,11H,1-2H3. The molecule has 0 bridgehead atoms. The minimum atomic E-state index is -0.521. The summed E-state index contributed by atoms with van der Waals surface area (Å²) < 4.78 is 5.59. The van der Waals surface area contributed by atoms with Crippen LogP contribution < -0.4 is 0 Å². The van der Waals surface area contributed by atoms with Crippen molar-refractivity contribution in [1.29, 1.82) is 0 Å². The molecule has 1 heterocycles. The molecule has 12 heavy (non-hydrogen) atoms. The van der Waals surface area contributed by atoms with Gasteiger partial charge < -0.3 is 9.84 Å². The van der Waals surface area contributed by atoms with Gasteiger partial charge in [0.05, 0.1) is 0 Å². The van der Waals surface area contributed by atoms with Gasteiger partial charge >= 0.3 is 0 Å². The molecule has 1 atom stereocenters. The van der Waals surface area contributed by atoms with E-state index in [0.717, 1.165) is 11.3 Å². The van der Waals surface area contributed by atoms with Crippen molar-refractivity contribution in [3.8, 4) is 0 Å². The maximum atomic E-state index is 9.62. The van der Waals surface area contributed by atoms with Crippen molar-refractivity contribution in [2.45, 2.75) is 25.6 Å². The Morgan fingerprint density at radius 1 is 1.50 bits per heavy atom. The highest BCUT2D eigenvalue weighted by molar-refractivity contribution is 5.47. The first-order valence-electron chi connectivity index (χ1n) is 4.07. The van der Waals surface area contributed by atoms with Gasteiger partial charge in [-0.2, -0.15) is 0 Å². The summed E-state index contributed by atoms with van der Waals surface area (Å²) >= 11 is 0. The molecule has 0 saturated carbocycles. The second kappa shape index (κ2) is 2.23. The van der Waals surface area contributed by atoms with E-state index in [1.54, 1.807) is 0 Å². The Balaban J connectivity index is 2.38. The van der Waals surface area contributed by atoms with Crippen LogP contribution in [-0.2, 0) is 4.74 Å². The Morgan fingerprint density at radius 3 is 3.00 bits per heavy atom. The van der Waals surface area contributed by atoms with Crippen molar-refractivity contribution in [2.75, 3.05) is 0 Å². The predicted molar refractivity (Wildman–Crippen MR) is 46.5 cm³/mol. The first-order valence-corrected chi connectivity index (χ1v) is 4.07. The van der Waals surface area contributed by atoms with Crippen molar-refractivity contribution < 1.29 is 9.84 Å². The number of fused-ring (bicyclic) bond motifs is 1. The number of hydrogen-bond acceptors (Lipinski definition) is 2. The highest BCUT2D eigenvalue weighted by Crippen LogP contribution is 2.33. The van der Waals surface area contributed by atoms with Gasteiger partial charge in [-0.3, -0.25) is 0 Å². The number of aliphatic hydroxyl groups is 1. The van der Waals surface area contributed by atoms with Crippen LogP contribution in [0.25, 0.3) is 0 Å².